The minimum atomic E-state index is -0.136. The van der Waals surface area contributed by atoms with Gasteiger partial charge >= 0.3 is 0 Å². The number of likely N-dealkylation sites (tertiary alicyclic amines) is 1. The number of amides is 1. The van der Waals surface area contributed by atoms with Crippen LogP contribution >= 0.6 is 0 Å². The SMILES string of the molecule is CC(C)(C)C1CC(=O)N(CC(=O)c2ccco2)C1. The van der Waals surface area contributed by atoms with E-state index in [2.05, 4.69) is 20.8 Å². The van der Waals surface area contributed by atoms with E-state index in [4.69, 9.17) is 4.42 Å². The molecule has 0 N–H and O–H groups in total. The summed E-state index contributed by atoms with van der Waals surface area (Å²) in [7, 11) is 0. The summed E-state index contributed by atoms with van der Waals surface area (Å²) < 4.78 is 5.05. The first kappa shape index (κ1) is 12.9. The van der Waals surface area contributed by atoms with Gasteiger partial charge in [-0.1, -0.05) is 20.8 Å². The second-order valence-corrected chi connectivity index (χ2v) is 5.94. The van der Waals surface area contributed by atoms with Crippen LogP contribution in [0.3, 0.4) is 0 Å². The molecule has 4 heteroatoms. The summed E-state index contributed by atoms with van der Waals surface area (Å²) in [4.78, 5) is 25.4. The molecular formula is C14H19NO3. The second-order valence-electron chi connectivity index (χ2n) is 5.94. The van der Waals surface area contributed by atoms with Crippen molar-refractivity contribution in [1.82, 2.24) is 4.90 Å². The van der Waals surface area contributed by atoms with Crippen molar-refractivity contribution in [3.63, 3.8) is 0 Å². The van der Waals surface area contributed by atoms with Gasteiger partial charge in [0.2, 0.25) is 11.7 Å². The van der Waals surface area contributed by atoms with Crippen LogP contribution in [0.15, 0.2) is 22.8 Å². The fraction of sp³-hybridized carbons (Fsp3) is 0.571. The van der Waals surface area contributed by atoms with E-state index in [-0.39, 0.29) is 23.7 Å². The quantitative estimate of drug-likeness (QED) is 0.773. The molecule has 1 unspecified atom stereocenters. The van der Waals surface area contributed by atoms with Crippen LogP contribution in [0, 0.1) is 11.3 Å². The Bertz CT molecular complexity index is 442. The lowest BCUT2D eigenvalue weighted by Gasteiger charge is -2.26. The van der Waals surface area contributed by atoms with Gasteiger partial charge in [0, 0.05) is 13.0 Å². The van der Waals surface area contributed by atoms with Crippen LogP contribution in [0.1, 0.15) is 37.7 Å². The Morgan fingerprint density at radius 2 is 2.22 bits per heavy atom. The Morgan fingerprint density at radius 1 is 1.50 bits per heavy atom. The predicted molar refractivity (Wildman–Crippen MR) is 67.2 cm³/mol. The summed E-state index contributed by atoms with van der Waals surface area (Å²) in [5.41, 5.74) is 0.0954. The summed E-state index contributed by atoms with van der Waals surface area (Å²) in [5, 5.41) is 0. The summed E-state index contributed by atoms with van der Waals surface area (Å²) in [6.45, 7) is 7.17. The van der Waals surface area contributed by atoms with E-state index in [1.54, 1.807) is 17.0 Å². The number of carbonyl (C=O) groups excluding carboxylic acids is 2. The van der Waals surface area contributed by atoms with Crippen molar-refractivity contribution in [1.29, 1.82) is 0 Å². The average Bonchev–Trinajstić information content (AvgIpc) is 2.87. The number of furan rings is 1. The number of carbonyl (C=O) groups is 2. The van der Waals surface area contributed by atoms with E-state index >= 15 is 0 Å². The van der Waals surface area contributed by atoms with Crippen LogP contribution < -0.4 is 0 Å². The molecule has 0 aromatic carbocycles. The number of nitrogens with zero attached hydrogens (tertiary/aromatic N) is 1. The first-order chi connectivity index (χ1) is 8.38. The molecule has 18 heavy (non-hydrogen) atoms. The highest BCUT2D eigenvalue weighted by atomic mass is 16.3. The Balaban J connectivity index is 1.99. The third kappa shape index (κ3) is 2.63. The van der Waals surface area contributed by atoms with Gasteiger partial charge in [-0.15, -0.1) is 0 Å². The molecule has 1 amide bonds. The van der Waals surface area contributed by atoms with Crippen molar-refractivity contribution in [2.75, 3.05) is 13.1 Å². The van der Waals surface area contributed by atoms with Gasteiger partial charge in [-0.05, 0) is 23.5 Å². The van der Waals surface area contributed by atoms with Gasteiger partial charge in [-0.25, -0.2) is 0 Å². The molecule has 0 saturated carbocycles. The second kappa shape index (κ2) is 4.59. The third-order valence-electron chi connectivity index (χ3n) is 3.57. The van der Waals surface area contributed by atoms with Crippen molar-refractivity contribution in [3.8, 4) is 0 Å². The van der Waals surface area contributed by atoms with Gasteiger partial charge in [0.15, 0.2) is 5.76 Å². The molecule has 1 fully saturated rings. The maximum Gasteiger partial charge on any atom is 0.223 e. The molecule has 98 valence electrons. The Hall–Kier alpha value is -1.58. The van der Waals surface area contributed by atoms with Crippen molar-refractivity contribution in [2.24, 2.45) is 11.3 Å². The van der Waals surface area contributed by atoms with Gasteiger partial charge < -0.3 is 9.32 Å². The lowest BCUT2D eigenvalue weighted by Crippen LogP contribution is -2.32. The standard InChI is InChI=1S/C14H19NO3/c1-14(2,3)10-7-13(17)15(8-10)9-11(16)12-5-4-6-18-12/h4-6,10H,7-9H2,1-3H3. The topological polar surface area (TPSA) is 50.5 Å². The van der Waals surface area contributed by atoms with E-state index in [0.29, 0.717) is 24.6 Å². The summed E-state index contributed by atoms with van der Waals surface area (Å²) >= 11 is 0. The Kier molecular flexibility index (Phi) is 3.28. The molecule has 0 radical (unpaired) electrons. The Labute approximate surface area is 107 Å². The highest BCUT2D eigenvalue weighted by molar-refractivity contribution is 5.97. The van der Waals surface area contributed by atoms with Gasteiger partial charge in [0.1, 0.15) is 0 Å². The molecule has 0 bridgehead atoms. The van der Waals surface area contributed by atoms with Crippen LogP contribution in [0.5, 0.6) is 0 Å². The number of ketones is 1. The maximum atomic E-state index is 11.9. The number of hydrogen-bond donors (Lipinski definition) is 0. The third-order valence-corrected chi connectivity index (χ3v) is 3.57. The summed E-state index contributed by atoms with van der Waals surface area (Å²) in [6, 6.07) is 3.31. The molecule has 1 aromatic heterocycles. The normalized spacial score (nSPS) is 20.5. The van der Waals surface area contributed by atoms with Crippen LogP contribution in [0.25, 0.3) is 0 Å². The smallest absolute Gasteiger partial charge is 0.223 e. The van der Waals surface area contributed by atoms with Crippen LogP contribution in [-0.4, -0.2) is 29.7 Å². The zero-order valence-electron chi connectivity index (χ0n) is 11.1. The first-order valence-corrected chi connectivity index (χ1v) is 6.22. The van der Waals surface area contributed by atoms with Crippen molar-refractivity contribution in [3.05, 3.63) is 24.2 Å². The molecular weight excluding hydrogens is 230 g/mol. The number of hydrogen-bond acceptors (Lipinski definition) is 3. The van der Waals surface area contributed by atoms with E-state index in [1.165, 1.54) is 6.26 Å². The molecule has 4 nitrogen and oxygen atoms in total. The van der Waals surface area contributed by atoms with E-state index in [0.717, 1.165) is 0 Å². The Morgan fingerprint density at radius 3 is 2.72 bits per heavy atom. The first-order valence-electron chi connectivity index (χ1n) is 6.22. The molecule has 0 aliphatic carbocycles. The van der Waals surface area contributed by atoms with Gasteiger partial charge in [0.25, 0.3) is 0 Å². The van der Waals surface area contributed by atoms with E-state index < -0.39 is 0 Å². The molecule has 1 aliphatic rings. The molecule has 2 rings (SSSR count). The predicted octanol–water partition coefficient (Wildman–Crippen LogP) is 2.36. The van der Waals surface area contributed by atoms with E-state index in [1.807, 2.05) is 0 Å². The van der Waals surface area contributed by atoms with Gasteiger partial charge in [0.05, 0.1) is 12.8 Å². The van der Waals surface area contributed by atoms with Crippen molar-refractivity contribution in [2.45, 2.75) is 27.2 Å². The fourth-order valence-electron chi connectivity index (χ4n) is 2.19. The molecule has 1 saturated heterocycles. The monoisotopic (exact) mass is 249 g/mol. The van der Waals surface area contributed by atoms with Crippen molar-refractivity contribution < 1.29 is 14.0 Å². The highest BCUT2D eigenvalue weighted by Crippen LogP contribution is 2.34. The van der Waals surface area contributed by atoms with Crippen LogP contribution in [0.4, 0.5) is 0 Å². The zero-order chi connectivity index (χ0) is 13.3. The largest absolute Gasteiger partial charge is 0.461 e. The molecule has 2 heterocycles. The summed E-state index contributed by atoms with van der Waals surface area (Å²) in [5.74, 6) is 0.564. The minimum Gasteiger partial charge on any atom is -0.461 e. The fourth-order valence-corrected chi connectivity index (χ4v) is 2.19. The maximum absolute atomic E-state index is 11.9. The van der Waals surface area contributed by atoms with Crippen LogP contribution in [0.2, 0.25) is 0 Å². The van der Waals surface area contributed by atoms with Crippen LogP contribution in [-0.2, 0) is 4.79 Å². The molecule has 0 spiro atoms. The summed E-state index contributed by atoms with van der Waals surface area (Å²) in [6.07, 6.45) is 2.01. The minimum absolute atomic E-state index is 0.0647. The number of rotatable bonds is 3. The number of Topliss-reactive ketones (excluding diaryl/α,β-unsaturated/α-hetero) is 1. The zero-order valence-corrected chi connectivity index (χ0v) is 11.1. The molecule has 1 atom stereocenters. The van der Waals surface area contributed by atoms with Gasteiger partial charge in [-0.2, -0.15) is 0 Å². The average molecular weight is 249 g/mol. The lowest BCUT2D eigenvalue weighted by molar-refractivity contribution is -0.127. The van der Waals surface area contributed by atoms with Crippen molar-refractivity contribution >= 4 is 11.7 Å². The lowest BCUT2D eigenvalue weighted by atomic mass is 9.80. The van der Waals surface area contributed by atoms with Gasteiger partial charge in [-0.3, -0.25) is 9.59 Å². The van der Waals surface area contributed by atoms with E-state index in [9.17, 15) is 9.59 Å². The molecule has 1 aliphatic heterocycles. The highest BCUT2D eigenvalue weighted by Gasteiger charge is 2.37. The molecule has 1 aromatic rings.